The van der Waals surface area contributed by atoms with Gasteiger partial charge in [0.25, 0.3) is 0 Å². The Morgan fingerprint density at radius 3 is 2.43 bits per heavy atom. The molecular formula is C11H22N2O. The Balaban J connectivity index is 2.23. The van der Waals surface area contributed by atoms with Crippen LogP contribution in [0.25, 0.3) is 0 Å². The maximum absolute atomic E-state index is 11.6. The van der Waals surface area contributed by atoms with Gasteiger partial charge in [0.05, 0.1) is 0 Å². The quantitative estimate of drug-likeness (QED) is 0.699. The molecule has 0 aromatic heterocycles. The molecule has 0 spiro atoms. The van der Waals surface area contributed by atoms with Crippen LogP contribution in [0.3, 0.4) is 0 Å². The van der Waals surface area contributed by atoms with Gasteiger partial charge >= 0.3 is 0 Å². The highest BCUT2D eigenvalue weighted by molar-refractivity contribution is 5.79. The molecular weight excluding hydrogens is 176 g/mol. The lowest BCUT2D eigenvalue weighted by atomic mass is 10.0. The van der Waals surface area contributed by atoms with Crippen LogP contribution in [0.1, 0.15) is 40.0 Å². The minimum absolute atomic E-state index is 0.0666. The zero-order chi connectivity index (χ0) is 10.7. The average molecular weight is 198 g/mol. The summed E-state index contributed by atoms with van der Waals surface area (Å²) in [6, 6.07) is 0.235. The van der Waals surface area contributed by atoms with Gasteiger partial charge in [-0.1, -0.05) is 19.8 Å². The highest BCUT2D eigenvalue weighted by Crippen LogP contribution is 2.33. The van der Waals surface area contributed by atoms with Crippen LogP contribution in [0, 0.1) is 11.8 Å². The molecule has 1 saturated carbocycles. The van der Waals surface area contributed by atoms with Crippen molar-refractivity contribution in [3.8, 4) is 0 Å². The second-order valence-electron chi connectivity index (χ2n) is 4.74. The Kier molecular flexibility index (Phi) is 3.93. The third kappa shape index (κ3) is 3.66. The van der Waals surface area contributed by atoms with E-state index in [1.165, 1.54) is 12.8 Å². The number of hydrogen-bond donors (Lipinski definition) is 2. The molecule has 0 aromatic rings. The van der Waals surface area contributed by atoms with Crippen LogP contribution in [-0.4, -0.2) is 18.0 Å². The van der Waals surface area contributed by atoms with Gasteiger partial charge in [-0.2, -0.15) is 0 Å². The van der Waals surface area contributed by atoms with Crippen molar-refractivity contribution in [1.82, 2.24) is 5.32 Å². The Morgan fingerprint density at radius 1 is 1.43 bits per heavy atom. The van der Waals surface area contributed by atoms with Crippen LogP contribution < -0.4 is 11.1 Å². The van der Waals surface area contributed by atoms with Gasteiger partial charge in [0.2, 0.25) is 5.91 Å². The van der Waals surface area contributed by atoms with E-state index < -0.39 is 0 Å². The van der Waals surface area contributed by atoms with Gasteiger partial charge in [0, 0.05) is 18.0 Å². The van der Waals surface area contributed by atoms with Crippen LogP contribution in [0.5, 0.6) is 0 Å². The number of carbonyl (C=O) groups is 1. The SMILES string of the molecule is CC(CC1CC1)NC(=O)C(C)C(C)N. The second kappa shape index (κ2) is 4.78. The number of carbonyl (C=O) groups excluding carboxylic acids is 1. The summed E-state index contributed by atoms with van der Waals surface area (Å²) in [6.45, 7) is 5.82. The molecule has 0 bridgehead atoms. The number of amides is 1. The summed E-state index contributed by atoms with van der Waals surface area (Å²) in [5, 5.41) is 3.01. The smallest absolute Gasteiger partial charge is 0.224 e. The van der Waals surface area contributed by atoms with Crippen LogP contribution in [0.15, 0.2) is 0 Å². The molecule has 1 amide bonds. The van der Waals surface area contributed by atoms with Crippen molar-refractivity contribution in [1.29, 1.82) is 0 Å². The van der Waals surface area contributed by atoms with Crippen molar-refractivity contribution in [2.45, 2.75) is 52.1 Å². The van der Waals surface area contributed by atoms with E-state index in [4.69, 9.17) is 5.73 Å². The molecule has 1 aliphatic carbocycles. The summed E-state index contributed by atoms with van der Waals surface area (Å²) in [7, 11) is 0. The maximum Gasteiger partial charge on any atom is 0.224 e. The van der Waals surface area contributed by atoms with Crippen molar-refractivity contribution in [3.63, 3.8) is 0 Å². The Labute approximate surface area is 86.4 Å². The molecule has 3 nitrogen and oxygen atoms in total. The van der Waals surface area contributed by atoms with E-state index in [0.717, 1.165) is 12.3 Å². The zero-order valence-electron chi connectivity index (χ0n) is 9.42. The van der Waals surface area contributed by atoms with Gasteiger partial charge in [0.15, 0.2) is 0 Å². The largest absolute Gasteiger partial charge is 0.353 e. The number of nitrogens with one attached hydrogen (secondary N) is 1. The van der Waals surface area contributed by atoms with Crippen LogP contribution in [0.4, 0.5) is 0 Å². The van der Waals surface area contributed by atoms with E-state index in [1.807, 2.05) is 13.8 Å². The molecule has 3 unspecified atom stereocenters. The lowest BCUT2D eigenvalue weighted by molar-refractivity contribution is -0.125. The Hall–Kier alpha value is -0.570. The third-order valence-corrected chi connectivity index (χ3v) is 2.97. The van der Waals surface area contributed by atoms with Gasteiger partial charge in [0.1, 0.15) is 0 Å². The molecule has 1 aliphatic rings. The van der Waals surface area contributed by atoms with Crippen molar-refractivity contribution in [3.05, 3.63) is 0 Å². The molecule has 0 saturated heterocycles. The van der Waals surface area contributed by atoms with Gasteiger partial charge < -0.3 is 11.1 Å². The number of rotatable bonds is 5. The van der Waals surface area contributed by atoms with Crippen LogP contribution >= 0.6 is 0 Å². The van der Waals surface area contributed by atoms with Gasteiger partial charge in [-0.15, -0.1) is 0 Å². The van der Waals surface area contributed by atoms with E-state index in [1.54, 1.807) is 0 Å². The predicted molar refractivity (Wildman–Crippen MR) is 57.8 cm³/mol. The van der Waals surface area contributed by atoms with E-state index in [-0.39, 0.29) is 17.9 Å². The summed E-state index contributed by atoms with van der Waals surface area (Å²) < 4.78 is 0. The monoisotopic (exact) mass is 198 g/mol. The highest BCUT2D eigenvalue weighted by Gasteiger charge is 2.25. The predicted octanol–water partition coefficient (Wildman–Crippen LogP) is 1.27. The van der Waals surface area contributed by atoms with Crippen molar-refractivity contribution in [2.75, 3.05) is 0 Å². The van der Waals surface area contributed by atoms with Crippen molar-refractivity contribution in [2.24, 2.45) is 17.6 Å². The Bertz CT molecular complexity index is 199. The Morgan fingerprint density at radius 2 is 2.00 bits per heavy atom. The average Bonchev–Trinajstić information content (AvgIpc) is 2.86. The third-order valence-electron chi connectivity index (χ3n) is 2.97. The fourth-order valence-electron chi connectivity index (χ4n) is 1.53. The molecule has 0 aromatic carbocycles. The summed E-state index contributed by atoms with van der Waals surface area (Å²) in [6.07, 6.45) is 3.80. The number of nitrogens with two attached hydrogens (primary N) is 1. The minimum atomic E-state index is -0.0864. The van der Waals surface area contributed by atoms with Crippen LogP contribution in [-0.2, 0) is 4.79 Å². The molecule has 0 aliphatic heterocycles. The summed E-state index contributed by atoms with van der Waals surface area (Å²) in [4.78, 5) is 11.6. The summed E-state index contributed by atoms with van der Waals surface area (Å²) in [5.74, 6) is 0.862. The maximum atomic E-state index is 11.6. The molecule has 1 fully saturated rings. The molecule has 82 valence electrons. The van der Waals surface area contributed by atoms with Crippen LogP contribution in [0.2, 0.25) is 0 Å². The lowest BCUT2D eigenvalue weighted by Gasteiger charge is -2.19. The first-order valence-corrected chi connectivity index (χ1v) is 5.56. The standard InChI is InChI=1S/C11H22N2O/c1-7(6-10-4-5-10)13-11(14)8(2)9(3)12/h7-10H,4-6,12H2,1-3H3,(H,13,14). The highest BCUT2D eigenvalue weighted by atomic mass is 16.1. The van der Waals surface area contributed by atoms with E-state index in [0.29, 0.717) is 6.04 Å². The summed E-state index contributed by atoms with van der Waals surface area (Å²) >= 11 is 0. The van der Waals surface area contributed by atoms with E-state index in [2.05, 4.69) is 12.2 Å². The molecule has 0 radical (unpaired) electrons. The molecule has 3 N–H and O–H groups in total. The molecule has 0 heterocycles. The fourth-order valence-corrected chi connectivity index (χ4v) is 1.53. The fraction of sp³-hybridized carbons (Fsp3) is 0.909. The van der Waals surface area contributed by atoms with E-state index >= 15 is 0 Å². The minimum Gasteiger partial charge on any atom is -0.353 e. The molecule has 3 atom stereocenters. The zero-order valence-corrected chi connectivity index (χ0v) is 9.42. The van der Waals surface area contributed by atoms with Crippen molar-refractivity contribution < 1.29 is 4.79 Å². The van der Waals surface area contributed by atoms with Gasteiger partial charge in [-0.25, -0.2) is 0 Å². The second-order valence-corrected chi connectivity index (χ2v) is 4.74. The summed E-state index contributed by atoms with van der Waals surface area (Å²) in [5.41, 5.74) is 5.67. The molecule has 3 heteroatoms. The van der Waals surface area contributed by atoms with Gasteiger partial charge in [-0.3, -0.25) is 4.79 Å². The van der Waals surface area contributed by atoms with Crippen molar-refractivity contribution >= 4 is 5.91 Å². The topological polar surface area (TPSA) is 55.1 Å². The van der Waals surface area contributed by atoms with E-state index in [9.17, 15) is 4.79 Å². The molecule has 1 rings (SSSR count). The first-order chi connectivity index (χ1) is 6.50. The first kappa shape index (κ1) is 11.5. The molecule has 14 heavy (non-hydrogen) atoms. The normalized spacial score (nSPS) is 22.6. The first-order valence-electron chi connectivity index (χ1n) is 5.56. The number of hydrogen-bond acceptors (Lipinski definition) is 2. The van der Waals surface area contributed by atoms with Gasteiger partial charge in [-0.05, 0) is 26.2 Å². The lowest BCUT2D eigenvalue weighted by Crippen LogP contribution is -2.42.